The quantitative estimate of drug-likeness (QED) is 0.180. The summed E-state index contributed by atoms with van der Waals surface area (Å²) in [6.45, 7) is 3.36. The van der Waals surface area contributed by atoms with E-state index in [1.165, 1.54) is 6.07 Å². The zero-order valence-corrected chi connectivity index (χ0v) is 25.0. The topological polar surface area (TPSA) is 193 Å². The maximum Gasteiger partial charge on any atom is 0.416 e. The maximum atomic E-state index is 13.9. The molecule has 5 atom stereocenters. The standard InChI is InChI=1S/C31H27F6N3O8/c1-10(2)16-9-18(40-28(47)39-15-6-13(30(32,33)34)5-14(7-15)31(35,36)37)23(42)21-17(16)4-11-3-12-8-19(41)22(27(38)46)26(45)29(12,48)25(44)20(11)24(21)43/h5-7,9-12,20,22,42,48H,3-4,8H2,1-2H3,(H2,38,46)(H2,39,40,47)/t11-,12+,20?,22?,29+/m1/s1. The van der Waals surface area contributed by atoms with E-state index >= 15 is 0 Å². The molecule has 5 rings (SSSR count). The molecule has 0 heterocycles. The Morgan fingerprint density at radius 1 is 0.917 bits per heavy atom. The van der Waals surface area contributed by atoms with Crippen LogP contribution in [0.1, 0.15) is 65.2 Å². The second kappa shape index (κ2) is 11.4. The van der Waals surface area contributed by atoms with Crippen LogP contribution in [0.2, 0.25) is 0 Å². The van der Waals surface area contributed by atoms with Crippen LogP contribution in [0.25, 0.3) is 0 Å². The molecule has 48 heavy (non-hydrogen) atoms. The average Bonchev–Trinajstić information content (AvgIpc) is 2.94. The molecule has 0 saturated heterocycles. The number of benzene rings is 2. The first-order valence-electron chi connectivity index (χ1n) is 14.5. The number of nitrogens with one attached hydrogen (secondary N) is 2. The molecule has 2 unspecified atom stereocenters. The number of carbonyl (C=O) groups is 6. The summed E-state index contributed by atoms with van der Waals surface area (Å²) < 4.78 is 79.7. The third-order valence-electron chi connectivity index (χ3n) is 9.15. The maximum absolute atomic E-state index is 13.9. The van der Waals surface area contributed by atoms with Gasteiger partial charge in [0, 0.05) is 18.0 Å². The number of nitrogens with two attached hydrogens (primary N) is 1. The van der Waals surface area contributed by atoms with Crippen LogP contribution in [0.3, 0.4) is 0 Å². The number of phenolic OH excluding ortho intramolecular Hbond substituents is 1. The van der Waals surface area contributed by atoms with Crippen LogP contribution in [0.15, 0.2) is 24.3 Å². The second-order valence-electron chi connectivity index (χ2n) is 12.5. The second-order valence-corrected chi connectivity index (χ2v) is 12.5. The molecule has 0 bridgehead atoms. The minimum atomic E-state index is -5.20. The number of aromatic hydroxyl groups is 1. The van der Waals surface area contributed by atoms with Gasteiger partial charge in [-0.2, -0.15) is 26.3 Å². The first-order chi connectivity index (χ1) is 22.1. The molecule has 0 spiro atoms. The molecule has 11 nitrogen and oxygen atoms in total. The molecule has 0 radical (unpaired) electrons. The van der Waals surface area contributed by atoms with Crippen LogP contribution < -0.4 is 16.4 Å². The molecule has 2 aromatic rings. The van der Waals surface area contributed by atoms with Gasteiger partial charge >= 0.3 is 18.4 Å². The lowest BCUT2D eigenvalue weighted by molar-refractivity contribution is -0.175. The van der Waals surface area contributed by atoms with Gasteiger partial charge in [0.15, 0.2) is 34.7 Å². The van der Waals surface area contributed by atoms with Crippen molar-refractivity contribution in [3.8, 4) is 5.75 Å². The molecule has 3 aliphatic carbocycles. The number of primary amides is 1. The number of Topliss-reactive ketones (excluding diaryl/α,β-unsaturated/α-hetero) is 4. The van der Waals surface area contributed by atoms with Gasteiger partial charge in [0.1, 0.15) is 5.75 Å². The van der Waals surface area contributed by atoms with E-state index in [0.717, 1.165) is 0 Å². The first kappa shape index (κ1) is 34.5. The molecule has 2 aromatic carbocycles. The van der Waals surface area contributed by atoms with Crippen molar-refractivity contribution >= 4 is 46.4 Å². The highest BCUT2D eigenvalue weighted by atomic mass is 19.4. The van der Waals surface area contributed by atoms with Crippen LogP contribution in [0.4, 0.5) is 42.5 Å². The van der Waals surface area contributed by atoms with E-state index in [1.807, 2.05) is 5.32 Å². The van der Waals surface area contributed by atoms with Crippen LogP contribution in [0, 0.1) is 23.7 Å². The number of urea groups is 1. The zero-order chi connectivity index (χ0) is 35.8. The molecule has 3 aliphatic rings. The fourth-order valence-corrected chi connectivity index (χ4v) is 6.99. The van der Waals surface area contributed by atoms with Crippen LogP contribution >= 0.6 is 0 Å². The number of amides is 3. The largest absolute Gasteiger partial charge is 0.505 e. The van der Waals surface area contributed by atoms with Crippen molar-refractivity contribution in [3.63, 3.8) is 0 Å². The van der Waals surface area contributed by atoms with E-state index in [9.17, 15) is 65.3 Å². The molecule has 17 heteroatoms. The summed E-state index contributed by atoms with van der Waals surface area (Å²) >= 11 is 0. The Bertz CT molecular complexity index is 1770. The fourth-order valence-electron chi connectivity index (χ4n) is 6.99. The number of alkyl halides is 6. The molecule has 2 fully saturated rings. The number of phenols is 1. The number of ketones is 4. The van der Waals surface area contributed by atoms with Crippen molar-refractivity contribution in [2.75, 3.05) is 10.6 Å². The molecule has 0 aromatic heterocycles. The number of fused-ring (bicyclic) bond motifs is 3. The Balaban J connectivity index is 1.51. The minimum absolute atomic E-state index is 0.0519. The summed E-state index contributed by atoms with van der Waals surface area (Å²) in [5.41, 5.74) is -2.32. The zero-order valence-electron chi connectivity index (χ0n) is 25.0. The highest BCUT2D eigenvalue weighted by Crippen LogP contribution is 2.52. The first-order valence-corrected chi connectivity index (χ1v) is 14.5. The summed E-state index contributed by atoms with van der Waals surface area (Å²) in [4.78, 5) is 78.0. The number of carbonyl (C=O) groups excluding carboxylic acids is 6. The third kappa shape index (κ3) is 5.58. The van der Waals surface area contributed by atoms with Gasteiger partial charge in [0.05, 0.1) is 28.3 Å². The van der Waals surface area contributed by atoms with Gasteiger partial charge in [-0.05, 0) is 60.1 Å². The molecular weight excluding hydrogens is 656 g/mol. The van der Waals surface area contributed by atoms with Crippen LogP contribution in [-0.4, -0.2) is 50.9 Å². The van der Waals surface area contributed by atoms with Crippen molar-refractivity contribution in [1.82, 2.24) is 0 Å². The Labute approximate surface area is 266 Å². The van der Waals surface area contributed by atoms with E-state index in [1.54, 1.807) is 13.8 Å². The van der Waals surface area contributed by atoms with E-state index < -0.39 is 123 Å². The Kier molecular flexibility index (Phi) is 8.22. The molecular formula is C31H27F6N3O8. The van der Waals surface area contributed by atoms with Crippen molar-refractivity contribution in [3.05, 3.63) is 52.1 Å². The van der Waals surface area contributed by atoms with Gasteiger partial charge in [-0.3, -0.25) is 24.0 Å². The smallest absolute Gasteiger partial charge is 0.416 e. The van der Waals surface area contributed by atoms with E-state index in [0.29, 0.717) is 5.56 Å². The van der Waals surface area contributed by atoms with Gasteiger partial charge in [-0.1, -0.05) is 13.8 Å². The van der Waals surface area contributed by atoms with Gasteiger partial charge in [-0.15, -0.1) is 0 Å². The molecule has 0 aliphatic heterocycles. The van der Waals surface area contributed by atoms with Gasteiger partial charge in [-0.25, -0.2) is 4.79 Å². The minimum Gasteiger partial charge on any atom is -0.505 e. The number of hydrogen-bond donors (Lipinski definition) is 5. The number of rotatable bonds is 4. The lowest BCUT2D eigenvalue weighted by atomic mass is 9.53. The number of anilines is 2. The molecule has 2 saturated carbocycles. The lowest BCUT2D eigenvalue weighted by Crippen LogP contribution is -2.68. The Morgan fingerprint density at radius 3 is 2.02 bits per heavy atom. The summed E-state index contributed by atoms with van der Waals surface area (Å²) in [7, 11) is 0. The summed E-state index contributed by atoms with van der Waals surface area (Å²) in [5.74, 6) is -13.2. The number of aliphatic hydroxyl groups is 1. The summed E-state index contributed by atoms with van der Waals surface area (Å²) in [6.07, 6.45) is -11.1. The van der Waals surface area contributed by atoms with E-state index in [-0.39, 0.29) is 36.6 Å². The third-order valence-corrected chi connectivity index (χ3v) is 9.15. The van der Waals surface area contributed by atoms with E-state index in [4.69, 9.17) is 5.73 Å². The highest BCUT2D eigenvalue weighted by Gasteiger charge is 2.66. The normalized spacial score (nSPS) is 25.7. The van der Waals surface area contributed by atoms with Gasteiger partial charge < -0.3 is 26.6 Å². The fraction of sp³-hybridized carbons (Fsp3) is 0.419. The van der Waals surface area contributed by atoms with Crippen molar-refractivity contribution in [2.24, 2.45) is 29.4 Å². The summed E-state index contributed by atoms with van der Waals surface area (Å²) in [5, 5.41) is 26.5. The van der Waals surface area contributed by atoms with Crippen LogP contribution in [0.5, 0.6) is 5.75 Å². The van der Waals surface area contributed by atoms with Crippen molar-refractivity contribution in [2.45, 2.75) is 57.0 Å². The van der Waals surface area contributed by atoms with Crippen molar-refractivity contribution < 1.29 is 65.3 Å². The number of hydrogen-bond acceptors (Lipinski definition) is 8. The van der Waals surface area contributed by atoms with Gasteiger partial charge in [0.25, 0.3) is 0 Å². The lowest BCUT2D eigenvalue weighted by Gasteiger charge is -2.48. The number of halogens is 6. The SMILES string of the molecule is CC(C)c1cc(NC(=O)Nc2cc(C(F)(F)F)cc(C(F)(F)F)c2)c(O)c2c1C[C@H]1C[C@H]3CC(=O)C(C(N)=O)C(=O)[C@@]3(O)C(=O)C1C2=O. The highest BCUT2D eigenvalue weighted by molar-refractivity contribution is 6.31. The molecule has 256 valence electrons. The van der Waals surface area contributed by atoms with Gasteiger partial charge in [0.2, 0.25) is 5.91 Å². The average molecular weight is 684 g/mol. The predicted molar refractivity (Wildman–Crippen MR) is 152 cm³/mol. The summed E-state index contributed by atoms with van der Waals surface area (Å²) in [6, 6.07) is 0.255. The molecule has 3 amide bonds. The van der Waals surface area contributed by atoms with E-state index in [2.05, 4.69) is 5.32 Å². The monoisotopic (exact) mass is 683 g/mol. The van der Waals surface area contributed by atoms with Crippen molar-refractivity contribution in [1.29, 1.82) is 0 Å². The van der Waals surface area contributed by atoms with Crippen LogP contribution in [-0.2, 0) is 38.0 Å². The Morgan fingerprint density at radius 2 is 1.50 bits per heavy atom. The Hall–Kier alpha value is -4.80. The predicted octanol–water partition coefficient (Wildman–Crippen LogP) is 4.13. The molecule has 6 N–H and O–H groups in total.